The van der Waals surface area contributed by atoms with Crippen LogP contribution in [-0.4, -0.2) is 36.3 Å². The lowest BCUT2D eigenvalue weighted by Crippen LogP contribution is -2.48. The molecule has 1 saturated heterocycles. The Kier molecular flexibility index (Phi) is 5.33. The molecule has 2 amide bonds. The van der Waals surface area contributed by atoms with Crippen LogP contribution in [0.15, 0.2) is 6.07 Å². The van der Waals surface area contributed by atoms with Gasteiger partial charge in [0.15, 0.2) is 0 Å². The van der Waals surface area contributed by atoms with Gasteiger partial charge in [0.1, 0.15) is 0 Å². The van der Waals surface area contributed by atoms with E-state index in [1.165, 1.54) is 11.3 Å². The molecule has 116 valence electrons. The molecule has 1 aromatic heterocycles. The minimum absolute atomic E-state index is 0.0718. The number of nitrogens with one attached hydrogen (secondary N) is 2. The lowest BCUT2D eigenvalue weighted by Gasteiger charge is -2.34. The van der Waals surface area contributed by atoms with Crippen LogP contribution >= 0.6 is 11.3 Å². The first-order chi connectivity index (χ1) is 10.1. The van der Waals surface area contributed by atoms with Gasteiger partial charge in [-0.25, -0.2) is 5.84 Å². The Hall–Kier alpha value is -1.44. The number of hydrogen-bond donors (Lipinski definition) is 3. The number of likely N-dealkylation sites (tertiary alicyclic amines) is 1. The fraction of sp³-hybridized carbons (Fsp3) is 0.571. The third-order valence-corrected chi connectivity index (χ3v) is 5.00. The summed E-state index contributed by atoms with van der Waals surface area (Å²) < 4.78 is 0. The van der Waals surface area contributed by atoms with Crippen molar-refractivity contribution >= 4 is 23.2 Å². The molecule has 0 saturated carbocycles. The summed E-state index contributed by atoms with van der Waals surface area (Å²) in [6.45, 7) is 3.59. The first-order valence-corrected chi connectivity index (χ1v) is 7.94. The van der Waals surface area contributed by atoms with Crippen molar-refractivity contribution in [3.8, 4) is 0 Å². The number of nitrogen functional groups attached to an aromatic ring is 1. The van der Waals surface area contributed by atoms with E-state index < -0.39 is 0 Å². The van der Waals surface area contributed by atoms with Gasteiger partial charge in [0.25, 0.3) is 5.91 Å². The van der Waals surface area contributed by atoms with Crippen LogP contribution < -0.4 is 16.6 Å². The van der Waals surface area contributed by atoms with Crippen molar-refractivity contribution in [3.63, 3.8) is 0 Å². The Balaban J connectivity index is 2.13. The number of amides is 2. The molecule has 2 rings (SSSR count). The first-order valence-electron chi connectivity index (χ1n) is 7.12. The van der Waals surface area contributed by atoms with Crippen LogP contribution in [0.4, 0.5) is 0 Å². The summed E-state index contributed by atoms with van der Waals surface area (Å²) in [5.41, 5.74) is 3.25. The quantitative estimate of drug-likeness (QED) is 0.435. The van der Waals surface area contributed by atoms with Gasteiger partial charge in [-0.1, -0.05) is 6.42 Å². The van der Waals surface area contributed by atoms with Crippen LogP contribution in [0, 0.1) is 6.92 Å². The van der Waals surface area contributed by atoms with Gasteiger partial charge in [0.2, 0.25) is 5.91 Å². The molecule has 0 bridgehead atoms. The second kappa shape index (κ2) is 7.02. The van der Waals surface area contributed by atoms with Crippen molar-refractivity contribution in [3.05, 3.63) is 21.4 Å². The average Bonchev–Trinajstić information content (AvgIpc) is 2.87. The molecule has 1 aliphatic rings. The molecule has 4 N–H and O–H groups in total. The van der Waals surface area contributed by atoms with Crippen LogP contribution in [0.2, 0.25) is 0 Å². The van der Waals surface area contributed by atoms with Crippen molar-refractivity contribution < 1.29 is 9.59 Å². The Labute approximate surface area is 128 Å². The topological polar surface area (TPSA) is 87.5 Å². The van der Waals surface area contributed by atoms with Crippen LogP contribution in [0.5, 0.6) is 0 Å². The fourth-order valence-corrected chi connectivity index (χ4v) is 3.66. The highest BCUT2D eigenvalue weighted by atomic mass is 32.1. The van der Waals surface area contributed by atoms with E-state index >= 15 is 0 Å². The highest BCUT2D eigenvalue weighted by molar-refractivity contribution is 7.14. The lowest BCUT2D eigenvalue weighted by molar-refractivity contribution is -0.127. The molecular formula is C14H22N4O2S. The van der Waals surface area contributed by atoms with Gasteiger partial charge in [-0.2, -0.15) is 0 Å². The molecule has 0 spiro atoms. The number of hydrazine groups is 1. The smallest absolute Gasteiger partial charge is 0.275 e. The highest BCUT2D eigenvalue weighted by Crippen LogP contribution is 2.26. The summed E-state index contributed by atoms with van der Waals surface area (Å²) in [7, 11) is 1.68. The number of thiophene rings is 1. The molecule has 0 aromatic carbocycles. The molecule has 1 unspecified atom stereocenters. The summed E-state index contributed by atoms with van der Waals surface area (Å²) in [6.07, 6.45) is 3.07. The Morgan fingerprint density at radius 3 is 2.90 bits per heavy atom. The van der Waals surface area contributed by atoms with Crippen LogP contribution in [0.25, 0.3) is 0 Å². The van der Waals surface area contributed by atoms with Crippen molar-refractivity contribution in [2.24, 2.45) is 5.84 Å². The number of piperidine rings is 1. The SMILES string of the molecule is CNC(=O)C1CCCCN1Cc1cc(C(=O)NN)sc1C. The summed E-state index contributed by atoms with van der Waals surface area (Å²) in [6, 6.07) is 1.80. The maximum absolute atomic E-state index is 12.0. The molecule has 0 radical (unpaired) electrons. The van der Waals surface area contributed by atoms with Crippen molar-refractivity contribution in [1.82, 2.24) is 15.6 Å². The van der Waals surface area contributed by atoms with Crippen LogP contribution in [0.1, 0.15) is 39.4 Å². The minimum Gasteiger partial charge on any atom is -0.358 e. The molecule has 0 aliphatic carbocycles. The number of aryl methyl sites for hydroxylation is 1. The van der Waals surface area contributed by atoms with Crippen molar-refractivity contribution in [2.45, 2.75) is 38.8 Å². The number of rotatable bonds is 4. The van der Waals surface area contributed by atoms with Gasteiger partial charge in [-0.05, 0) is 37.9 Å². The zero-order chi connectivity index (χ0) is 15.4. The molecular weight excluding hydrogens is 288 g/mol. The molecule has 21 heavy (non-hydrogen) atoms. The third-order valence-electron chi connectivity index (χ3n) is 3.91. The average molecular weight is 310 g/mol. The number of hydrogen-bond acceptors (Lipinski definition) is 5. The monoisotopic (exact) mass is 310 g/mol. The van der Waals surface area contributed by atoms with Gasteiger partial charge in [0.05, 0.1) is 10.9 Å². The molecule has 1 aromatic rings. The minimum atomic E-state index is -0.268. The predicted molar refractivity (Wildman–Crippen MR) is 82.8 cm³/mol. The number of nitrogens with two attached hydrogens (primary N) is 1. The van der Waals surface area contributed by atoms with Crippen LogP contribution in [-0.2, 0) is 11.3 Å². The molecule has 1 atom stereocenters. The van der Waals surface area contributed by atoms with Gasteiger partial charge in [-0.3, -0.25) is 19.9 Å². The zero-order valence-electron chi connectivity index (χ0n) is 12.4. The van der Waals surface area contributed by atoms with E-state index in [-0.39, 0.29) is 17.9 Å². The van der Waals surface area contributed by atoms with E-state index in [1.54, 1.807) is 7.05 Å². The maximum Gasteiger partial charge on any atom is 0.275 e. The van der Waals surface area contributed by atoms with E-state index in [4.69, 9.17) is 5.84 Å². The normalized spacial score (nSPS) is 19.3. The van der Waals surface area contributed by atoms with E-state index in [2.05, 4.69) is 15.6 Å². The molecule has 2 heterocycles. The fourth-order valence-electron chi connectivity index (χ4n) is 2.72. The van der Waals surface area contributed by atoms with E-state index in [0.717, 1.165) is 36.2 Å². The van der Waals surface area contributed by atoms with Gasteiger partial charge in [0, 0.05) is 18.5 Å². The standard InChI is InChI=1S/C14H22N4O2S/c1-9-10(7-12(21-9)14(20)17-15)8-18-6-4-3-5-11(18)13(19)16-2/h7,11H,3-6,8,15H2,1-2H3,(H,16,19)(H,17,20). The zero-order valence-corrected chi connectivity index (χ0v) is 13.3. The van der Waals surface area contributed by atoms with Crippen molar-refractivity contribution in [2.75, 3.05) is 13.6 Å². The number of carbonyl (C=O) groups excluding carboxylic acids is 2. The second-order valence-corrected chi connectivity index (χ2v) is 6.52. The molecule has 7 heteroatoms. The Morgan fingerprint density at radius 1 is 1.48 bits per heavy atom. The predicted octanol–water partition coefficient (Wildman–Crippen LogP) is 0.761. The molecule has 6 nitrogen and oxygen atoms in total. The number of nitrogens with zero attached hydrogens (tertiary/aromatic N) is 1. The van der Waals surface area contributed by atoms with Crippen LogP contribution in [0.3, 0.4) is 0 Å². The van der Waals surface area contributed by atoms with Gasteiger partial charge >= 0.3 is 0 Å². The summed E-state index contributed by atoms with van der Waals surface area (Å²) in [4.78, 5) is 27.5. The summed E-state index contributed by atoms with van der Waals surface area (Å²) in [5.74, 6) is 4.98. The molecule has 1 aliphatic heterocycles. The number of likely N-dealkylation sites (N-methyl/N-ethyl adjacent to an activating group) is 1. The Morgan fingerprint density at radius 2 is 2.24 bits per heavy atom. The van der Waals surface area contributed by atoms with E-state index in [9.17, 15) is 9.59 Å². The summed E-state index contributed by atoms with van der Waals surface area (Å²) >= 11 is 1.43. The summed E-state index contributed by atoms with van der Waals surface area (Å²) in [5, 5.41) is 2.74. The second-order valence-electron chi connectivity index (χ2n) is 5.26. The van der Waals surface area contributed by atoms with E-state index in [1.807, 2.05) is 13.0 Å². The van der Waals surface area contributed by atoms with Gasteiger partial charge in [-0.15, -0.1) is 11.3 Å². The largest absolute Gasteiger partial charge is 0.358 e. The van der Waals surface area contributed by atoms with Crippen molar-refractivity contribution in [1.29, 1.82) is 0 Å². The maximum atomic E-state index is 12.0. The Bertz CT molecular complexity index is 529. The molecule has 1 fully saturated rings. The van der Waals surface area contributed by atoms with Gasteiger partial charge < -0.3 is 5.32 Å². The lowest BCUT2D eigenvalue weighted by atomic mass is 10.0. The first kappa shape index (κ1) is 15.9. The number of carbonyl (C=O) groups is 2. The third kappa shape index (κ3) is 3.61. The van der Waals surface area contributed by atoms with E-state index in [0.29, 0.717) is 11.4 Å². The highest BCUT2D eigenvalue weighted by Gasteiger charge is 2.28.